The smallest absolute Gasteiger partial charge is 0.251 e. The number of benzene rings is 1. The molecule has 192 valence electrons. The third-order valence-corrected chi connectivity index (χ3v) is 9.15. The highest BCUT2D eigenvalue weighted by Crippen LogP contribution is 2.40. The van der Waals surface area contributed by atoms with Gasteiger partial charge < -0.3 is 15.5 Å². The lowest BCUT2D eigenvalue weighted by Gasteiger charge is -2.31. The molecule has 11 heteroatoms. The van der Waals surface area contributed by atoms with E-state index in [9.17, 15) is 26.8 Å². The van der Waals surface area contributed by atoms with Gasteiger partial charge in [-0.25, -0.2) is 17.2 Å². The number of carbonyl (C=O) groups excluding carboxylic acids is 2. The van der Waals surface area contributed by atoms with Crippen molar-refractivity contribution in [3.63, 3.8) is 0 Å². The Labute approximate surface area is 204 Å². The maximum Gasteiger partial charge on any atom is 0.251 e. The number of piperidine rings is 1. The summed E-state index contributed by atoms with van der Waals surface area (Å²) in [6.07, 6.45) is 2.40. The molecule has 2 heterocycles. The van der Waals surface area contributed by atoms with Crippen LogP contribution in [0.4, 0.5) is 8.78 Å². The van der Waals surface area contributed by atoms with Gasteiger partial charge in [-0.05, 0) is 55.0 Å². The largest absolute Gasteiger partial charge is 0.351 e. The van der Waals surface area contributed by atoms with Crippen LogP contribution in [0.25, 0.3) is 0 Å². The van der Waals surface area contributed by atoms with Crippen molar-refractivity contribution in [2.24, 2.45) is 11.8 Å². The second-order valence-corrected chi connectivity index (χ2v) is 11.6. The molecule has 4 rings (SSSR count). The fourth-order valence-electron chi connectivity index (χ4n) is 5.29. The number of amides is 2. The molecule has 3 fully saturated rings. The summed E-state index contributed by atoms with van der Waals surface area (Å²) < 4.78 is 54.2. The van der Waals surface area contributed by atoms with E-state index in [4.69, 9.17) is 0 Å². The van der Waals surface area contributed by atoms with Crippen LogP contribution in [-0.2, 0) is 14.8 Å². The summed E-state index contributed by atoms with van der Waals surface area (Å²) >= 11 is 0. The molecule has 0 spiro atoms. The number of rotatable bonds is 8. The lowest BCUT2D eigenvalue weighted by atomic mass is 10.0. The van der Waals surface area contributed by atoms with Gasteiger partial charge in [-0.3, -0.25) is 9.59 Å². The molecule has 1 aromatic rings. The van der Waals surface area contributed by atoms with Crippen LogP contribution in [0, 0.1) is 11.8 Å². The number of halogens is 2. The Hall–Kier alpha value is -2.37. The summed E-state index contributed by atoms with van der Waals surface area (Å²) in [6.45, 7) is 5.71. The van der Waals surface area contributed by atoms with Crippen LogP contribution in [0.2, 0.25) is 0 Å². The van der Waals surface area contributed by atoms with Gasteiger partial charge >= 0.3 is 0 Å². The van der Waals surface area contributed by atoms with Crippen molar-refractivity contribution in [1.29, 1.82) is 0 Å². The average molecular weight is 511 g/mol. The molecule has 2 unspecified atom stereocenters. The van der Waals surface area contributed by atoms with Crippen molar-refractivity contribution in [3.05, 3.63) is 42.5 Å². The number of sulfonamides is 1. The van der Waals surface area contributed by atoms with Gasteiger partial charge in [-0.15, -0.1) is 0 Å². The molecule has 35 heavy (non-hydrogen) atoms. The third kappa shape index (κ3) is 6.07. The highest BCUT2D eigenvalue weighted by Gasteiger charge is 2.45. The maximum atomic E-state index is 13.2. The van der Waals surface area contributed by atoms with Gasteiger partial charge in [-0.1, -0.05) is 6.58 Å². The Morgan fingerprint density at radius 1 is 1.09 bits per heavy atom. The van der Waals surface area contributed by atoms with Gasteiger partial charge in [0.15, 0.2) is 0 Å². The number of hydrogen-bond acceptors (Lipinski definition) is 5. The minimum absolute atomic E-state index is 0.0500. The number of alkyl halides is 2. The van der Waals surface area contributed by atoms with Crippen molar-refractivity contribution in [1.82, 2.24) is 19.8 Å². The molecular formula is C24H32F2N4O4S. The van der Waals surface area contributed by atoms with E-state index in [2.05, 4.69) is 17.2 Å². The van der Waals surface area contributed by atoms with Gasteiger partial charge in [-0.2, -0.15) is 4.31 Å². The van der Waals surface area contributed by atoms with Crippen LogP contribution in [0.5, 0.6) is 0 Å². The Bertz CT molecular complexity index is 1040. The topological polar surface area (TPSA) is 98.8 Å². The SMILES string of the molecule is C=CC(=O)NC1CC2CN(S(=O)(=O)c3ccc(C(=O)NCCN4CCC(F)(F)CC4)cc3)CC2C1. The van der Waals surface area contributed by atoms with Crippen molar-refractivity contribution < 1.29 is 26.8 Å². The molecule has 2 atom stereocenters. The summed E-state index contributed by atoms with van der Waals surface area (Å²) in [5.41, 5.74) is 0.341. The quantitative estimate of drug-likeness (QED) is 0.520. The normalized spacial score (nSPS) is 26.7. The van der Waals surface area contributed by atoms with E-state index < -0.39 is 15.9 Å². The summed E-state index contributed by atoms with van der Waals surface area (Å²) in [4.78, 5) is 26.0. The van der Waals surface area contributed by atoms with E-state index >= 15 is 0 Å². The van der Waals surface area contributed by atoms with Crippen LogP contribution in [0.3, 0.4) is 0 Å². The van der Waals surface area contributed by atoms with Crippen LogP contribution in [0.15, 0.2) is 41.8 Å². The number of likely N-dealkylation sites (tertiary alicyclic amines) is 1. The Morgan fingerprint density at radius 3 is 2.26 bits per heavy atom. The number of fused-ring (bicyclic) bond motifs is 1. The predicted octanol–water partition coefficient (Wildman–Crippen LogP) is 1.85. The second kappa shape index (κ2) is 10.3. The summed E-state index contributed by atoms with van der Waals surface area (Å²) in [7, 11) is -3.68. The molecule has 1 aromatic carbocycles. The van der Waals surface area contributed by atoms with Gasteiger partial charge in [0.2, 0.25) is 15.9 Å². The Balaban J connectivity index is 1.26. The zero-order valence-corrected chi connectivity index (χ0v) is 20.4. The molecule has 8 nitrogen and oxygen atoms in total. The molecule has 0 aromatic heterocycles. The predicted molar refractivity (Wildman–Crippen MR) is 126 cm³/mol. The average Bonchev–Trinajstić information content (AvgIpc) is 3.39. The lowest BCUT2D eigenvalue weighted by molar-refractivity contribution is -0.117. The molecule has 2 aliphatic heterocycles. The van der Waals surface area contributed by atoms with Crippen molar-refractivity contribution in [3.8, 4) is 0 Å². The second-order valence-electron chi connectivity index (χ2n) is 9.70. The molecule has 3 aliphatic rings. The molecule has 1 saturated carbocycles. The van der Waals surface area contributed by atoms with Crippen LogP contribution in [-0.4, -0.2) is 80.7 Å². The first kappa shape index (κ1) is 25.7. The molecular weight excluding hydrogens is 478 g/mol. The Morgan fingerprint density at radius 2 is 1.69 bits per heavy atom. The molecule has 2 N–H and O–H groups in total. The van der Waals surface area contributed by atoms with Crippen LogP contribution in [0.1, 0.15) is 36.0 Å². The van der Waals surface area contributed by atoms with Crippen molar-refractivity contribution >= 4 is 21.8 Å². The highest BCUT2D eigenvalue weighted by molar-refractivity contribution is 7.89. The highest BCUT2D eigenvalue weighted by atomic mass is 32.2. The standard InChI is InChI=1S/C24H32F2N4O4S/c1-2-22(31)28-20-13-18-15-30(16-19(18)14-20)35(33,34)21-5-3-17(4-6-21)23(32)27-9-12-29-10-7-24(25,26)8-11-29/h2-6,18-20H,1,7-16H2,(H,27,32)(H,28,31). The van der Waals surface area contributed by atoms with Gasteiger partial charge in [0.1, 0.15) is 0 Å². The third-order valence-electron chi connectivity index (χ3n) is 7.30. The first-order valence-corrected chi connectivity index (χ1v) is 13.4. The molecule has 2 saturated heterocycles. The lowest BCUT2D eigenvalue weighted by Crippen LogP contribution is -2.43. The number of hydrogen-bond donors (Lipinski definition) is 2. The molecule has 0 bridgehead atoms. The minimum atomic E-state index is -3.68. The zero-order valence-electron chi connectivity index (χ0n) is 19.6. The molecule has 0 radical (unpaired) electrons. The van der Waals surface area contributed by atoms with Crippen molar-refractivity contribution in [2.75, 3.05) is 39.3 Å². The maximum absolute atomic E-state index is 13.2. The first-order valence-electron chi connectivity index (χ1n) is 12.0. The van der Waals surface area contributed by atoms with Gasteiger partial charge in [0, 0.05) is 63.7 Å². The van der Waals surface area contributed by atoms with E-state index in [1.807, 2.05) is 4.90 Å². The van der Waals surface area contributed by atoms with E-state index in [-0.39, 0.29) is 47.4 Å². The fourth-order valence-corrected chi connectivity index (χ4v) is 6.85. The van der Waals surface area contributed by atoms with Crippen molar-refractivity contribution in [2.45, 2.75) is 42.5 Å². The van der Waals surface area contributed by atoms with Crippen LogP contribution >= 0.6 is 0 Å². The monoisotopic (exact) mass is 510 g/mol. The summed E-state index contributed by atoms with van der Waals surface area (Å²) in [5.74, 6) is -2.73. The summed E-state index contributed by atoms with van der Waals surface area (Å²) in [6, 6.07) is 5.91. The molecule has 1 aliphatic carbocycles. The van der Waals surface area contributed by atoms with E-state index in [0.717, 1.165) is 12.8 Å². The fraction of sp³-hybridized carbons (Fsp3) is 0.583. The number of nitrogens with zero attached hydrogens (tertiary/aromatic N) is 2. The van der Waals surface area contributed by atoms with Crippen LogP contribution < -0.4 is 10.6 Å². The van der Waals surface area contributed by atoms with E-state index in [1.54, 1.807) is 0 Å². The number of carbonyl (C=O) groups is 2. The first-order chi connectivity index (χ1) is 16.6. The summed E-state index contributed by atoms with van der Waals surface area (Å²) in [5, 5.41) is 5.66. The minimum Gasteiger partial charge on any atom is -0.351 e. The Kier molecular flexibility index (Phi) is 7.58. The van der Waals surface area contributed by atoms with Gasteiger partial charge in [0.05, 0.1) is 4.90 Å². The zero-order chi connectivity index (χ0) is 25.2. The van der Waals surface area contributed by atoms with Gasteiger partial charge in [0.25, 0.3) is 11.8 Å². The number of nitrogens with one attached hydrogen (secondary N) is 2. The molecule has 2 amide bonds. The van der Waals surface area contributed by atoms with E-state index in [0.29, 0.717) is 44.8 Å². The van der Waals surface area contributed by atoms with E-state index in [1.165, 1.54) is 34.6 Å².